The summed E-state index contributed by atoms with van der Waals surface area (Å²) >= 11 is 0. The summed E-state index contributed by atoms with van der Waals surface area (Å²) in [5.74, 6) is 0. The summed E-state index contributed by atoms with van der Waals surface area (Å²) in [5, 5.41) is 2.18. The molecule has 3 heteroatoms. The van der Waals surface area contributed by atoms with Gasteiger partial charge in [0.05, 0.1) is 0 Å². The molecule has 0 unspecified atom stereocenters. The second-order valence-corrected chi connectivity index (χ2v) is 4.24. The fraction of sp³-hybridized carbons (Fsp3) is 0.0769. The minimum atomic E-state index is -0.974. The zero-order valence-corrected chi connectivity index (χ0v) is 8.77. The highest BCUT2D eigenvalue weighted by Gasteiger charge is 2.27. The zero-order valence-electron chi connectivity index (χ0n) is 8.77. The molecular formula is C13H13N3. The minimum absolute atomic E-state index is 0.648. The van der Waals surface area contributed by atoms with Crippen LogP contribution in [0.25, 0.3) is 16.5 Å². The summed E-state index contributed by atoms with van der Waals surface area (Å²) in [6.45, 7) is 0. The second kappa shape index (κ2) is 2.84. The van der Waals surface area contributed by atoms with Crippen LogP contribution in [0.2, 0.25) is 0 Å². The van der Waals surface area contributed by atoms with E-state index in [9.17, 15) is 0 Å². The quantitative estimate of drug-likeness (QED) is 0.573. The summed E-state index contributed by atoms with van der Waals surface area (Å²) in [7, 11) is 0. The Balaban J connectivity index is 2.54. The molecule has 1 aliphatic carbocycles. The number of hydrogen-bond acceptors (Lipinski definition) is 3. The van der Waals surface area contributed by atoms with Gasteiger partial charge in [0.2, 0.25) is 0 Å². The molecule has 2 aromatic rings. The van der Waals surface area contributed by atoms with Gasteiger partial charge in [-0.15, -0.1) is 0 Å². The van der Waals surface area contributed by atoms with Crippen LogP contribution in [0.4, 0.5) is 0 Å². The van der Waals surface area contributed by atoms with Crippen LogP contribution in [0.15, 0.2) is 42.5 Å². The van der Waals surface area contributed by atoms with E-state index in [1.807, 2.05) is 36.4 Å². The topological polar surface area (TPSA) is 78.1 Å². The van der Waals surface area contributed by atoms with E-state index >= 15 is 0 Å². The van der Waals surface area contributed by atoms with E-state index in [0.717, 1.165) is 21.9 Å². The van der Waals surface area contributed by atoms with Gasteiger partial charge in [-0.2, -0.15) is 0 Å². The number of rotatable bonds is 0. The Labute approximate surface area is 93.5 Å². The average Bonchev–Trinajstić information content (AvgIpc) is 2.25. The van der Waals surface area contributed by atoms with E-state index in [2.05, 4.69) is 0 Å². The Morgan fingerprint density at radius 3 is 2.38 bits per heavy atom. The maximum absolute atomic E-state index is 6.06. The molecule has 0 aromatic heterocycles. The van der Waals surface area contributed by atoms with Crippen LogP contribution in [0.1, 0.15) is 11.1 Å². The third-order valence-corrected chi connectivity index (χ3v) is 3.08. The van der Waals surface area contributed by atoms with Gasteiger partial charge in [0.25, 0.3) is 0 Å². The molecule has 0 saturated carbocycles. The molecule has 3 rings (SSSR count). The molecule has 80 valence electrons. The Morgan fingerprint density at radius 2 is 1.62 bits per heavy atom. The molecule has 0 bridgehead atoms. The summed E-state index contributed by atoms with van der Waals surface area (Å²) in [6, 6.07) is 12.0. The number of hydrogen-bond donors (Lipinski definition) is 3. The predicted molar refractivity (Wildman–Crippen MR) is 66.2 cm³/mol. The summed E-state index contributed by atoms with van der Waals surface area (Å²) in [5.41, 5.74) is 19.7. The van der Waals surface area contributed by atoms with Crippen molar-refractivity contribution in [2.75, 3.05) is 0 Å². The van der Waals surface area contributed by atoms with Crippen LogP contribution >= 0.6 is 0 Å². The van der Waals surface area contributed by atoms with Gasteiger partial charge in [-0.25, -0.2) is 0 Å². The lowest BCUT2D eigenvalue weighted by Gasteiger charge is -2.29. The maximum Gasteiger partial charge on any atom is 0.112 e. The first kappa shape index (κ1) is 9.39. The molecule has 1 aliphatic rings. The molecule has 16 heavy (non-hydrogen) atoms. The van der Waals surface area contributed by atoms with Gasteiger partial charge >= 0.3 is 0 Å². The van der Waals surface area contributed by atoms with E-state index in [0.29, 0.717) is 5.70 Å². The van der Waals surface area contributed by atoms with Crippen LogP contribution in [0.3, 0.4) is 0 Å². The largest absolute Gasteiger partial charge is 0.398 e. The monoisotopic (exact) mass is 211 g/mol. The Bertz CT molecular complexity index is 606. The van der Waals surface area contributed by atoms with E-state index in [1.165, 1.54) is 0 Å². The lowest BCUT2D eigenvalue weighted by atomic mass is 9.85. The molecule has 2 aromatic carbocycles. The molecule has 0 heterocycles. The van der Waals surface area contributed by atoms with Gasteiger partial charge in [-0.3, -0.25) is 0 Å². The molecule has 6 N–H and O–H groups in total. The molecule has 0 aliphatic heterocycles. The van der Waals surface area contributed by atoms with E-state index in [4.69, 9.17) is 17.2 Å². The second-order valence-electron chi connectivity index (χ2n) is 4.24. The zero-order chi connectivity index (χ0) is 11.3. The van der Waals surface area contributed by atoms with Gasteiger partial charge < -0.3 is 17.2 Å². The summed E-state index contributed by atoms with van der Waals surface area (Å²) in [6.07, 6.45) is 1.71. The Kier molecular flexibility index (Phi) is 1.67. The lowest BCUT2D eigenvalue weighted by molar-refractivity contribution is 0.596. The molecule has 0 saturated heterocycles. The Morgan fingerprint density at radius 1 is 0.938 bits per heavy atom. The van der Waals surface area contributed by atoms with Crippen LogP contribution in [-0.4, -0.2) is 0 Å². The van der Waals surface area contributed by atoms with Crippen molar-refractivity contribution in [1.82, 2.24) is 0 Å². The van der Waals surface area contributed by atoms with Crippen LogP contribution in [0, 0.1) is 0 Å². The lowest BCUT2D eigenvalue weighted by Crippen LogP contribution is -2.46. The van der Waals surface area contributed by atoms with E-state index in [-0.39, 0.29) is 0 Å². The first-order chi connectivity index (χ1) is 7.59. The van der Waals surface area contributed by atoms with Gasteiger partial charge in [0, 0.05) is 11.3 Å². The first-order valence-corrected chi connectivity index (χ1v) is 5.18. The SMILES string of the molecule is NC1=CC(N)(N)c2cccc3cccc1c23. The maximum atomic E-state index is 6.06. The predicted octanol–water partition coefficient (Wildman–Crippen LogP) is 1.22. The smallest absolute Gasteiger partial charge is 0.112 e. The van der Waals surface area contributed by atoms with Gasteiger partial charge in [0.15, 0.2) is 0 Å². The third-order valence-electron chi connectivity index (χ3n) is 3.08. The van der Waals surface area contributed by atoms with Gasteiger partial charge in [-0.1, -0.05) is 36.4 Å². The molecule has 0 fully saturated rings. The molecule has 0 spiro atoms. The highest BCUT2D eigenvalue weighted by molar-refractivity contribution is 5.98. The van der Waals surface area contributed by atoms with E-state index < -0.39 is 5.66 Å². The van der Waals surface area contributed by atoms with Gasteiger partial charge in [0.1, 0.15) is 5.66 Å². The van der Waals surface area contributed by atoms with Crippen molar-refractivity contribution in [1.29, 1.82) is 0 Å². The van der Waals surface area contributed by atoms with Crippen LogP contribution in [-0.2, 0) is 5.66 Å². The number of nitrogens with two attached hydrogens (primary N) is 3. The highest BCUT2D eigenvalue weighted by Crippen LogP contribution is 2.35. The van der Waals surface area contributed by atoms with Crippen molar-refractivity contribution >= 4 is 16.5 Å². The minimum Gasteiger partial charge on any atom is -0.398 e. The van der Waals surface area contributed by atoms with Crippen molar-refractivity contribution in [3.63, 3.8) is 0 Å². The average molecular weight is 211 g/mol. The van der Waals surface area contributed by atoms with Crippen LogP contribution < -0.4 is 17.2 Å². The molecule has 0 radical (unpaired) electrons. The fourth-order valence-corrected chi connectivity index (χ4v) is 2.36. The van der Waals surface area contributed by atoms with E-state index in [1.54, 1.807) is 6.08 Å². The molecule has 0 amide bonds. The van der Waals surface area contributed by atoms with Crippen molar-refractivity contribution in [2.24, 2.45) is 17.2 Å². The third kappa shape index (κ3) is 1.10. The van der Waals surface area contributed by atoms with Crippen LogP contribution in [0.5, 0.6) is 0 Å². The summed E-state index contributed by atoms with van der Waals surface area (Å²) in [4.78, 5) is 0. The van der Waals surface area contributed by atoms with Crippen molar-refractivity contribution in [2.45, 2.75) is 5.66 Å². The summed E-state index contributed by atoms with van der Waals surface area (Å²) < 4.78 is 0. The molecular weight excluding hydrogens is 198 g/mol. The van der Waals surface area contributed by atoms with Crippen molar-refractivity contribution in [3.05, 3.63) is 53.6 Å². The first-order valence-electron chi connectivity index (χ1n) is 5.18. The van der Waals surface area contributed by atoms with Gasteiger partial charge in [-0.05, 0) is 22.4 Å². The number of benzene rings is 2. The molecule has 3 nitrogen and oxygen atoms in total. The van der Waals surface area contributed by atoms with Crippen molar-refractivity contribution < 1.29 is 0 Å². The van der Waals surface area contributed by atoms with Crippen molar-refractivity contribution in [3.8, 4) is 0 Å². The standard InChI is InChI=1S/C13H13N3/c14-11-7-13(15,16)10-6-2-4-8-3-1-5-9(11)12(8)10/h1-7H,14-16H2. The molecule has 0 atom stereocenters. The Hall–Kier alpha value is -1.84. The normalized spacial score (nSPS) is 17.2. The highest BCUT2D eigenvalue weighted by atomic mass is 15.0. The fourth-order valence-electron chi connectivity index (χ4n) is 2.36.